The second kappa shape index (κ2) is 8.24. The van der Waals surface area contributed by atoms with E-state index in [1.165, 1.54) is 23.5 Å². The molecule has 4 nitrogen and oxygen atoms in total. The summed E-state index contributed by atoms with van der Waals surface area (Å²) in [5.41, 5.74) is 3.13. The van der Waals surface area contributed by atoms with E-state index >= 15 is 0 Å². The molecule has 0 spiro atoms. The number of nitrogens with one attached hydrogen (secondary N) is 2. The largest absolute Gasteiger partial charge is 0.370 e. The van der Waals surface area contributed by atoms with Gasteiger partial charge in [0.05, 0.1) is 0 Å². The van der Waals surface area contributed by atoms with Gasteiger partial charge in [0.15, 0.2) is 0 Å². The Kier molecular flexibility index (Phi) is 5.57. The van der Waals surface area contributed by atoms with Crippen LogP contribution in [0.3, 0.4) is 0 Å². The molecular weight excluding hydrogens is 315 g/mol. The fourth-order valence-corrected chi connectivity index (χ4v) is 2.48. The predicted molar refractivity (Wildman–Crippen MR) is 99.1 cm³/mol. The summed E-state index contributed by atoms with van der Waals surface area (Å²) in [7, 11) is 0. The van der Waals surface area contributed by atoms with Gasteiger partial charge in [-0.1, -0.05) is 48.0 Å². The lowest BCUT2D eigenvalue weighted by Crippen LogP contribution is -2.08. The van der Waals surface area contributed by atoms with Crippen LogP contribution < -0.4 is 10.6 Å². The molecule has 3 rings (SSSR count). The van der Waals surface area contributed by atoms with E-state index in [1.54, 1.807) is 12.1 Å². The number of hydrogen-bond donors (Lipinski definition) is 2. The second-order valence-corrected chi connectivity index (χ2v) is 5.90. The Hall–Kier alpha value is -2.95. The Balaban J connectivity index is 1.52. The first-order valence-corrected chi connectivity index (χ1v) is 8.29. The van der Waals surface area contributed by atoms with E-state index in [4.69, 9.17) is 0 Å². The summed E-state index contributed by atoms with van der Waals surface area (Å²) in [6.45, 7) is 3.38. The van der Waals surface area contributed by atoms with Gasteiger partial charge < -0.3 is 10.6 Å². The van der Waals surface area contributed by atoms with E-state index in [2.05, 4.69) is 51.8 Å². The number of nitrogens with zero attached hydrogens (tertiary/aromatic N) is 2. The molecule has 0 aliphatic heterocycles. The van der Waals surface area contributed by atoms with Crippen LogP contribution in [-0.2, 0) is 13.0 Å². The third kappa shape index (κ3) is 5.01. The van der Waals surface area contributed by atoms with E-state index in [1.807, 2.05) is 12.1 Å². The van der Waals surface area contributed by atoms with Crippen molar-refractivity contribution in [1.29, 1.82) is 0 Å². The van der Waals surface area contributed by atoms with Gasteiger partial charge in [-0.2, -0.15) is 0 Å². The van der Waals surface area contributed by atoms with E-state index in [-0.39, 0.29) is 5.82 Å². The Bertz CT molecular complexity index is 818. The van der Waals surface area contributed by atoms with Crippen molar-refractivity contribution in [3.63, 3.8) is 0 Å². The molecule has 2 N–H and O–H groups in total. The molecule has 25 heavy (non-hydrogen) atoms. The van der Waals surface area contributed by atoms with Crippen molar-refractivity contribution in [2.45, 2.75) is 19.9 Å². The molecule has 5 heteroatoms. The average molecular weight is 336 g/mol. The van der Waals surface area contributed by atoms with Crippen molar-refractivity contribution >= 4 is 11.6 Å². The Morgan fingerprint density at radius 3 is 2.40 bits per heavy atom. The molecule has 0 atom stereocenters. The third-order valence-electron chi connectivity index (χ3n) is 3.92. The second-order valence-electron chi connectivity index (χ2n) is 5.90. The number of benzene rings is 2. The van der Waals surface area contributed by atoms with Gasteiger partial charge in [0.25, 0.3) is 0 Å². The summed E-state index contributed by atoms with van der Waals surface area (Å²) in [4.78, 5) is 8.43. The molecule has 0 aliphatic carbocycles. The number of aromatic nitrogens is 2. The fourth-order valence-electron chi connectivity index (χ4n) is 2.48. The highest BCUT2D eigenvalue weighted by Gasteiger charge is 2.02. The topological polar surface area (TPSA) is 49.8 Å². The number of halogens is 1. The Morgan fingerprint density at radius 1 is 0.920 bits per heavy atom. The van der Waals surface area contributed by atoms with Gasteiger partial charge in [0.1, 0.15) is 23.8 Å². The minimum absolute atomic E-state index is 0.174. The predicted octanol–water partition coefficient (Wildman–Crippen LogP) is 4.19. The van der Waals surface area contributed by atoms with Crippen LogP contribution >= 0.6 is 0 Å². The standard InChI is InChI=1S/C20H21FN4/c1-15-6-8-16(9-7-15)13-23-20-12-19(24-14-25-20)22-11-10-17-4-2-3-5-18(17)21/h2-9,12,14H,10-11,13H2,1H3,(H2,22,23,24,25). The Morgan fingerprint density at radius 2 is 1.64 bits per heavy atom. The molecule has 0 saturated carbocycles. The maximum atomic E-state index is 13.6. The quantitative estimate of drug-likeness (QED) is 0.679. The van der Waals surface area contributed by atoms with Gasteiger partial charge in [-0.05, 0) is 30.5 Å². The number of rotatable bonds is 7. The lowest BCUT2D eigenvalue weighted by atomic mass is 10.1. The summed E-state index contributed by atoms with van der Waals surface area (Å²) < 4.78 is 13.6. The molecule has 0 unspecified atom stereocenters. The summed E-state index contributed by atoms with van der Waals surface area (Å²) >= 11 is 0. The van der Waals surface area contributed by atoms with E-state index in [9.17, 15) is 4.39 Å². The number of anilines is 2. The van der Waals surface area contributed by atoms with Crippen molar-refractivity contribution in [1.82, 2.24) is 9.97 Å². The normalized spacial score (nSPS) is 10.5. The van der Waals surface area contributed by atoms with E-state index in [0.717, 1.165) is 11.6 Å². The van der Waals surface area contributed by atoms with Gasteiger partial charge in [-0.3, -0.25) is 0 Å². The van der Waals surface area contributed by atoms with Crippen LogP contribution in [0.5, 0.6) is 0 Å². The molecule has 0 bridgehead atoms. The van der Waals surface area contributed by atoms with Crippen molar-refractivity contribution in [2.75, 3.05) is 17.2 Å². The van der Waals surface area contributed by atoms with Crippen molar-refractivity contribution in [3.8, 4) is 0 Å². The minimum atomic E-state index is -0.174. The Labute approximate surface area is 147 Å². The van der Waals surface area contributed by atoms with Gasteiger partial charge in [-0.25, -0.2) is 14.4 Å². The monoisotopic (exact) mass is 336 g/mol. The third-order valence-corrected chi connectivity index (χ3v) is 3.92. The first-order chi connectivity index (χ1) is 12.2. The molecular formula is C20H21FN4. The molecule has 0 fully saturated rings. The van der Waals surface area contributed by atoms with Crippen LogP contribution in [0.15, 0.2) is 60.9 Å². The summed E-state index contributed by atoms with van der Waals surface area (Å²) in [5, 5.41) is 6.50. The average Bonchev–Trinajstić information content (AvgIpc) is 2.63. The van der Waals surface area contributed by atoms with Crippen LogP contribution in [0.25, 0.3) is 0 Å². The van der Waals surface area contributed by atoms with Crippen molar-refractivity contribution in [3.05, 3.63) is 83.4 Å². The maximum Gasteiger partial charge on any atom is 0.131 e. The van der Waals surface area contributed by atoms with Crippen LogP contribution in [0.1, 0.15) is 16.7 Å². The number of aryl methyl sites for hydroxylation is 1. The van der Waals surface area contributed by atoms with Gasteiger partial charge in [-0.15, -0.1) is 0 Å². The molecule has 2 aromatic carbocycles. The van der Waals surface area contributed by atoms with Crippen molar-refractivity contribution < 1.29 is 4.39 Å². The van der Waals surface area contributed by atoms with Gasteiger partial charge in [0, 0.05) is 19.2 Å². The van der Waals surface area contributed by atoms with E-state index < -0.39 is 0 Å². The molecule has 1 aromatic heterocycles. The summed E-state index contributed by atoms with van der Waals surface area (Å²) in [5.74, 6) is 1.30. The zero-order chi connectivity index (χ0) is 17.5. The zero-order valence-corrected chi connectivity index (χ0v) is 14.2. The van der Waals surface area contributed by atoms with Crippen LogP contribution in [-0.4, -0.2) is 16.5 Å². The first kappa shape index (κ1) is 16.9. The molecule has 1 heterocycles. The molecule has 3 aromatic rings. The summed E-state index contributed by atoms with van der Waals surface area (Å²) in [6, 6.07) is 17.0. The van der Waals surface area contributed by atoms with Crippen LogP contribution in [0.4, 0.5) is 16.0 Å². The van der Waals surface area contributed by atoms with Crippen molar-refractivity contribution in [2.24, 2.45) is 0 Å². The lowest BCUT2D eigenvalue weighted by Gasteiger charge is -2.09. The molecule has 128 valence electrons. The fraction of sp³-hybridized carbons (Fsp3) is 0.200. The lowest BCUT2D eigenvalue weighted by molar-refractivity contribution is 0.610. The first-order valence-electron chi connectivity index (χ1n) is 8.29. The van der Waals surface area contributed by atoms with Gasteiger partial charge >= 0.3 is 0 Å². The molecule has 0 amide bonds. The minimum Gasteiger partial charge on any atom is -0.370 e. The van der Waals surface area contributed by atoms with Gasteiger partial charge in [0.2, 0.25) is 0 Å². The molecule has 0 aliphatic rings. The zero-order valence-electron chi connectivity index (χ0n) is 14.2. The smallest absolute Gasteiger partial charge is 0.131 e. The van der Waals surface area contributed by atoms with Crippen LogP contribution in [0.2, 0.25) is 0 Å². The van der Waals surface area contributed by atoms with Crippen LogP contribution in [0, 0.1) is 12.7 Å². The molecule has 0 saturated heterocycles. The molecule has 0 radical (unpaired) electrons. The summed E-state index contributed by atoms with van der Waals surface area (Å²) in [6.07, 6.45) is 2.12. The maximum absolute atomic E-state index is 13.6. The highest BCUT2D eigenvalue weighted by molar-refractivity contribution is 5.46. The number of hydrogen-bond acceptors (Lipinski definition) is 4. The highest BCUT2D eigenvalue weighted by atomic mass is 19.1. The SMILES string of the molecule is Cc1ccc(CNc2cc(NCCc3ccccc3F)ncn2)cc1. The highest BCUT2D eigenvalue weighted by Crippen LogP contribution is 2.12. The van der Waals surface area contributed by atoms with E-state index in [0.29, 0.717) is 25.1 Å².